The molecule has 9 nitrogen and oxygen atoms in total. The van der Waals surface area contributed by atoms with Crippen LogP contribution in [0, 0.1) is 12.7 Å². The highest BCUT2D eigenvalue weighted by atomic mass is 19.1. The van der Waals surface area contributed by atoms with E-state index in [4.69, 9.17) is 4.74 Å². The van der Waals surface area contributed by atoms with Crippen molar-refractivity contribution >= 4 is 11.7 Å². The lowest BCUT2D eigenvalue weighted by atomic mass is 10.0. The van der Waals surface area contributed by atoms with Crippen LogP contribution in [0.2, 0.25) is 0 Å². The van der Waals surface area contributed by atoms with Crippen molar-refractivity contribution in [2.24, 2.45) is 0 Å². The summed E-state index contributed by atoms with van der Waals surface area (Å²) in [6.07, 6.45) is 2.42. The van der Waals surface area contributed by atoms with Crippen molar-refractivity contribution in [2.45, 2.75) is 52.0 Å². The standard InChI is InChI=1S/C23H28FN7O2/c1-15-13-30(14-16(2)33-15)22-9-6-19(11-25-22)12-26-23(32)21(31-17(3)27-28-29-31)10-18-4-7-20(24)8-5-18/h4-9,11,15-16,21H,10,12-14H2,1-3H3,(H,26,32). The van der Waals surface area contributed by atoms with Gasteiger partial charge in [-0.1, -0.05) is 18.2 Å². The molecule has 1 aromatic carbocycles. The van der Waals surface area contributed by atoms with Crippen LogP contribution in [-0.4, -0.2) is 56.4 Å². The van der Waals surface area contributed by atoms with Gasteiger partial charge in [0.2, 0.25) is 5.91 Å². The number of anilines is 1. The van der Waals surface area contributed by atoms with Gasteiger partial charge in [0.25, 0.3) is 0 Å². The van der Waals surface area contributed by atoms with E-state index in [1.807, 2.05) is 12.1 Å². The van der Waals surface area contributed by atoms with Gasteiger partial charge in [0.05, 0.1) is 12.2 Å². The molecule has 1 amide bonds. The van der Waals surface area contributed by atoms with Gasteiger partial charge < -0.3 is 15.0 Å². The number of amides is 1. The summed E-state index contributed by atoms with van der Waals surface area (Å²) in [5.74, 6) is 0.868. The van der Waals surface area contributed by atoms with Gasteiger partial charge in [0.15, 0.2) is 0 Å². The molecule has 3 aromatic rings. The largest absolute Gasteiger partial charge is 0.372 e. The minimum atomic E-state index is -0.658. The molecule has 1 aliphatic rings. The molecule has 3 heterocycles. The number of hydrogen-bond acceptors (Lipinski definition) is 7. The maximum Gasteiger partial charge on any atom is 0.245 e. The molecule has 33 heavy (non-hydrogen) atoms. The molecule has 1 aliphatic heterocycles. The maximum absolute atomic E-state index is 13.3. The number of aryl methyl sites for hydroxylation is 1. The van der Waals surface area contributed by atoms with E-state index in [0.717, 1.165) is 30.0 Å². The maximum atomic E-state index is 13.3. The molecule has 0 radical (unpaired) electrons. The van der Waals surface area contributed by atoms with Crippen molar-refractivity contribution in [1.82, 2.24) is 30.5 Å². The average molecular weight is 454 g/mol. The summed E-state index contributed by atoms with van der Waals surface area (Å²) < 4.78 is 20.6. The molecule has 3 unspecified atom stereocenters. The molecular weight excluding hydrogens is 425 g/mol. The van der Waals surface area contributed by atoms with Crippen LogP contribution in [0.15, 0.2) is 42.6 Å². The Hall–Kier alpha value is -3.40. The summed E-state index contributed by atoms with van der Waals surface area (Å²) in [5, 5.41) is 14.5. The lowest BCUT2D eigenvalue weighted by Gasteiger charge is -2.36. The predicted molar refractivity (Wildman–Crippen MR) is 120 cm³/mol. The van der Waals surface area contributed by atoms with Crippen LogP contribution in [-0.2, 0) is 22.5 Å². The van der Waals surface area contributed by atoms with Crippen molar-refractivity contribution in [3.8, 4) is 0 Å². The van der Waals surface area contributed by atoms with Crippen LogP contribution in [0.5, 0.6) is 0 Å². The number of ether oxygens (including phenoxy) is 1. The number of rotatable bonds is 7. The van der Waals surface area contributed by atoms with Crippen molar-refractivity contribution in [3.63, 3.8) is 0 Å². The fraction of sp³-hybridized carbons (Fsp3) is 0.435. The second-order valence-corrected chi connectivity index (χ2v) is 8.42. The quantitative estimate of drug-likeness (QED) is 0.586. The highest BCUT2D eigenvalue weighted by Gasteiger charge is 2.25. The monoisotopic (exact) mass is 453 g/mol. The third-order valence-corrected chi connectivity index (χ3v) is 5.62. The molecule has 0 saturated carbocycles. The zero-order chi connectivity index (χ0) is 23.4. The third-order valence-electron chi connectivity index (χ3n) is 5.62. The highest BCUT2D eigenvalue weighted by molar-refractivity contribution is 5.80. The highest BCUT2D eigenvalue weighted by Crippen LogP contribution is 2.19. The number of morpholine rings is 1. The number of carbonyl (C=O) groups is 1. The van der Waals surface area contributed by atoms with Gasteiger partial charge in [-0.3, -0.25) is 4.79 Å². The molecule has 0 spiro atoms. The van der Waals surface area contributed by atoms with Crippen LogP contribution in [0.3, 0.4) is 0 Å². The lowest BCUT2D eigenvalue weighted by molar-refractivity contribution is -0.124. The van der Waals surface area contributed by atoms with Crippen LogP contribution >= 0.6 is 0 Å². The average Bonchev–Trinajstić information content (AvgIpc) is 3.22. The second kappa shape index (κ2) is 10.0. The summed E-state index contributed by atoms with van der Waals surface area (Å²) in [6, 6.07) is 9.34. The Kier molecular flexibility index (Phi) is 6.93. The Labute approximate surface area is 192 Å². The molecule has 10 heteroatoms. The first-order valence-corrected chi connectivity index (χ1v) is 11.0. The number of benzene rings is 1. The summed E-state index contributed by atoms with van der Waals surface area (Å²) in [4.78, 5) is 19.9. The van der Waals surface area contributed by atoms with Crippen LogP contribution in [0.1, 0.15) is 36.8 Å². The zero-order valence-corrected chi connectivity index (χ0v) is 19.0. The number of nitrogens with zero attached hydrogens (tertiary/aromatic N) is 6. The first-order chi connectivity index (χ1) is 15.9. The molecule has 1 N–H and O–H groups in total. The number of aromatic nitrogens is 5. The van der Waals surface area contributed by atoms with E-state index in [1.165, 1.54) is 16.8 Å². The number of pyridine rings is 1. The fourth-order valence-electron chi connectivity index (χ4n) is 4.04. The first-order valence-electron chi connectivity index (χ1n) is 11.0. The molecule has 174 valence electrons. The molecular formula is C23H28FN7O2. The van der Waals surface area contributed by atoms with Gasteiger partial charge in [-0.2, -0.15) is 0 Å². The van der Waals surface area contributed by atoms with E-state index in [9.17, 15) is 9.18 Å². The molecule has 1 saturated heterocycles. The number of nitrogens with one attached hydrogen (secondary N) is 1. The zero-order valence-electron chi connectivity index (χ0n) is 19.0. The van der Waals surface area contributed by atoms with Gasteiger partial charge in [-0.05, 0) is 60.5 Å². The number of hydrogen-bond donors (Lipinski definition) is 1. The topological polar surface area (TPSA) is 98.1 Å². The summed E-state index contributed by atoms with van der Waals surface area (Å²) in [5.41, 5.74) is 1.70. The molecule has 2 aromatic heterocycles. The van der Waals surface area contributed by atoms with Gasteiger partial charge in [0, 0.05) is 32.3 Å². The smallest absolute Gasteiger partial charge is 0.245 e. The van der Waals surface area contributed by atoms with Crippen LogP contribution in [0.25, 0.3) is 0 Å². The summed E-state index contributed by atoms with van der Waals surface area (Å²) in [6.45, 7) is 7.76. The minimum Gasteiger partial charge on any atom is -0.372 e. The Morgan fingerprint density at radius 1 is 1.15 bits per heavy atom. The summed E-state index contributed by atoms with van der Waals surface area (Å²) in [7, 11) is 0. The normalized spacial score (nSPS) is 19.3. The molecule has 1 fully saturated rings. The number of carbonyl (C=O) groups excluding carboxylic acids is 1. The number of halogens is 1. The van der Waals surface area contributed by atoms with E-state index >= 15 is 0 Å². The van der Waals surface area contributed by atoms with E-state index in [0.29, 0.717) is 18.8 Å². The van der Waals surface area contributed by atoms with E-state index < -0.39 is 6.04 Å². The van der Waals surface area contributed by atoms with Crippen LogP contribution in [0.4, 0.5) is 10.2 Å². The SMILES string of the molecule is Cc1nnnn1C(Cc1ccc(F)cc1)C(=O)NCc1ccc(N2CC(C)OC(C)C2)nc1. The van der Waals surface area contributed by atoms with Crippen LogP contribution < -0.4 is 10.2 Å². The van der Waals surface area contributed by atoms with Gasteiger partial charge >= 0.3 is 0 Å². The van der Waals surface area contributed by atoms with Crippen molar-refractivity contribution in [1.29, 1.82) is 0 Å². The molecule has 0 bridgehead atoms. The lowest BCUT2D eigenvalue weighted by Crippen LogP contribution is -2.45. The second-order valence-electron chi connectivity index (χ2n) is 8.42. The van der Waals surface area contributed by atoms with Crippen molar-refractivity contribution in [2.75, 3.05) is 18.0 Å². The van der Waals surface area contributed by atoms with Crippen molar-refractivity contribution in [3.05, 3.63) is 65.4 Å². The van der Waals surface area contributed by atoms with Gasteiger partial charge in [-0.25, -0.2) is 14.1 Å². The molecule has 3 atom stereocenters. The predicted octanol–water partition coefficient (Wildman–Crippen LogP) is 2.23. The van der Waals surface area contributed by atoms with Crippen molar-refractivity contribution < 1.29 is 13.9 Å². The Morgan fingerprint density at radius 3 is 2.45 bits per heavy atom. The third kappa shape index (κ3) is 5.70. The Bertz CT molecular complexity index is 1060. The summed E-state index contributed by atoms with van der Waals surface area (Å²) >= 11 is 0. The fourth-order valence-corrected chi connectivity index (χ4v) is 4.04. The van der Waals surface area contributed by atoms with Gasteiger partial charge in [-0.15, -0.1) is 5.10 Å². The number of tetrazole rings is 1. The minimum absolute atomic E-state index is 0.155. The van der Waals surface area contributed by atoms with E-state index in [2.05, 4.69) is 44.6 Å². The Balaban J connectivity index is 1.41. The van der Waals surface area contributed by atoms with E-state index in [1.54, 1.807) is 25.3 Å². The van der Waals surface area contributed by atoms with E-state index in [-0.39, 0.29) is 23.9 Å². The molecule has 4 rings (SSSR count). The Morgan fingerprint density at radius 2 is 1.85 bits per heavy atom. The first kappa shape index (κ1) is 22.8. The molecule has 0 aliphatic carbocycles. The van der Waals surface area contributed by atoms with Gasteiger partial charge in [0.1, 0.15) is 23.5 Å².